The van der Waals surface area contributed by atoms with Crippen molar-refractivity contribution in [1.82, 2.24) is 4.90 Å². The first-order valence-corrected chi connectivity index (χ1v) is 5.99. The molecule has 0 saturated heterocycles. The molecule has 1 aromatic carbocycles. The summed E-state index contributed by atoms with van der Waals surface area (Å²) in [7, 11) is 1.81. The van der Waals surface area contributed by atoms with Crippen molar-refractivity contribution in [2.75, 3.05) is 26.8 Å². The Balaban J connectivity index is 2.14. The second-order valence-electron chi connectivity index (χ2n) is 4.24. The molecular formula is C12H15ClN2O3. The molecule has 2 rings (SSSR count). The molecule has 1 aliphatic heterocycles. The highest BCUT2D eigenvalue weighted by atomic mass is 35.5. The minimum atomic E-state index is -0.360. The summed E-state index contributed by atoms with van der Waals surface area (Å²) >= 11 is 6.12. The maximum absolute atomic E-state index is 10.8. The summed E-state index contributed by atoms with van der Waals surface area (Å²) in [5, 5.41) is 0.523. The van der Waals surface area contributed by atoms with Gasteiger partial charge in [0.15, 0.2) is 11.5 Å². The van der Waals surface area contributed by atoms with Crippen LogP contribution >= 0.6 is 11.6 Å². The third-order valence-electron chi connectivity index (χ3n) is 2.53. The Morgan fingerprint density at radius 1 is 1.44 bits per heavy atom. The van der Waals surface area contributed by atoms with E-state index >= 15 is 0 Å². The van der Waals surface area contributed by atoms with Crippen LogP contribution < -0.4 is 15.2 Å². The van der Waals surface area contributed by atoms with Crippen LogP contribution in [0.2, 0.25) is 5.02 Å². The van der Waals surface area contributed by atoms with Gasteiger partial charge in [-0.2, -0.15) is 0 Å². The average Bonchev–Trinajstić information content (AvgIpc) is 2.27. The van der Waals surface area contributed by atoms with Crippen LogP contribution in [0.1, 0.15) is 5.56 Å². The van der Waals surface area contributed by atoms with Crippen molar-refractivity contribution in [1.29, 1.82) is 0 Å². The number of carbonyl (C=O) groups is 1. The number of halogens is 1. The Morgan fingerprint density at radius 2 is 2.17 bits per heavy atom. The summed E-state index contributed by atoms with van der Waals surface area (Å²) in [6, 6.07) is 3.68. The Hall–Kier alpha value is -1.46. The van der Waals surface area contributed by atoms with Crippen LogP contribution in [0.15, 0.2) is 12.1 Å². The van der Waals surface area contributed by atoms with Gasteiger partial charge in [-0.3, -0.25) is 9.69 Å². The maximum atomic E-state index is 10.8. The van der Waals surface area contributed by atoms with Gasteiger partial charge in [-0.05, 0) is 24.7 Å². The van der Waals surface area contributed by atoms with Gasteiger partial charge in [0, 0.05) is 6.54 Å². The van der Waals surface area contributed by atoms with Crippen molar-refractivity contribution in [3.8, 4) is 11.5 Å². The molecule has 2 N–H and O–H groups in total. The van der Waals surface area contributed by atoms with E-state index in [1.165, 1.54) is 0 Å². The standard InChI is InChI=1S/C12H15ClN2O3/c1-15(7-11(14)16)6-8-4-9(13)12-10(5-8)17-2-3-18-12/h4-5H,2-3,6-7H2,1H3,(H2,14,16). The van der Waals surface area contributed by atoms with Crippen molar-refractivity contribution >= 4 is 17.5 Å². The van der Waals surface area contributed by atoms with Gasteiger partial charge in [-0.25, -0.2) is 0 Å². The summed E-state index contributed by atoms with van der Waals surface area (Å²) in [4.78, 5) is 12.6. The normalized spacial score (nSPS) is 13.7. The maximum Gasteiger partial charge on any atom is 0.231 e. The Labute approximate surface area is 110 Å². The van der Waals surface area contributed by atoms with Crippen LogP contribution in [0.3, 0.4) is 0 Å². The van der Waals surface area contributed by atoms with E-state index in [-0.39, 0.29) is 12.5 Å². The zero-order valence-electron chi connectivity index (χ0n) is 10.1. The number of fused-ring (bicyclic) bond motifs is 1. The molecule has 0 radical (unpaired) electrons. The molecule has 0 spiro atoms. The number of rotatable bonds is 4. The Kier molecular flexibility index (Phi) is 3.93. The summed E-state index contributed by atoms with van der Waals surface area (Å²) in [5.74, 6) is 0.876. The van der Waals surface area contributed by atoms with Crippen LogP contribution in [0.4, 0.5) is 0 Å². The molecule has 1 amide bonds. The lowest BCUT2D eigenvalue weighted by molar-refractivity contribution is -0.118. The molecule has 0 saturated carbocycles. The Morgan fingerprint density at radius 3 is 2.89 bits per heavy atom. The van der Waals surface area contributed by atoms with Gasteiger partial charge < -0.3 is 15.2 Å². The fourth-order valence-electron chi connectivity index (χ4n) is 1.89. The quantitative estimate of drug-likeness (QED) is 0.887. The lowest BCUT2D eigenvalue weighted by Gasteiger charge is -2.21. The van der Waals surface area contributed by atoms with E-state index in [0.29, 0.717) is 36.3 Å². The molecule has 1 aliphatic rings. The highest BCUT2D eigenvalue weighted by molar-refractivity contribution is 6.32. The van der Waals surface area contributed by atoms with Gasteiger partial charge in [0.1, 0.15) is 13.2 Å². The molecule has 6 heteroatoms. The number of nitrogens with two attached hydrogens (primary N) is 1. The minimum Gasteiger partial charge on any atom is -0.486 e. The number of amides is 1. The van der Waals surface area contributed by atoms with Gasteiger partial charge >= 0.3 is 0 Å². The molecule has 0 aromatic heterocycles. The molecule has 0 unspecified atom stereocenters. The molecular weight excluding hydrogens is 256 g/mol. The fourth-order valence-corrected chi connectivity index (χ4v) is 2.18. The van der Waals surface area contributed by atoms with Crippen LogP contribution in [-0.4, -0.2) is 37.6 Å². The number of primary amides is 1. The summed E-state index contributed by atoms with van der Waals surface area (Å²) in [5.41, 5.74) is 6.09. The highest BCUT2D eigenvalue weighted by Gasteiger charge is 2.17. The molecule has 1 heterocycles. The van der Waals surface area contributed by atoms with E-state index in [1.807, 2.05) is 24.1 Å². The van der Waals surface area contributed by atoms with E-state index in [2.05, 4.69) is 0 Å². The first kappa shape index (κ1) is 13.0. The second kappa shape index (κ2) is 5.46. The summed E-state index contributed by atoms with van der Waals surface area (Å²) in [6.07, 6.45) is 0. The van der Waals surface area contributed by atoms with Gasteiger partial charge in [-0.1, -0.05) is 11.6 Å². The summed E-state index contributed by atoms with van der Waals surface area (Å²) in [6.45, 7) is 1.79. The van der Waals surface area contributed by atoms with Crippen molar-refractivity contribution in [2.24, 2.45) is 5.73 Å². The van der Waals surface area contributed by atoms with Crippen molar-refractivity contribution < 1.29 is 14.3 Å². The van der Waals surface area contributed by atoms with Crippen molar-refractivity contribution in [2.45, 2.75) is 6.54 Å². The first-order valence-electron chi connectivity index (χ1n) is 5.61. The topological polar surface area (TPSA) is 64.8 Å². The van der Waals surface area contributed by atoms with Crippen molar-refractivity contribution in [3.63, 3.8) is 0 Å². The number of carbonyl (C=O) groups excluding carboxylic acids is 1. The van der Waals surface area contributed by atoms with E-state index in [0.717, 1.165) is 5.56 Å². The number of benzene rings is 1. The monoisotopic (exact) mass is 270 g/mol. The molecule has 0 fully saturated rings. The smallest absolute Gasteiger partial charge is 0.231 e. The lowest BCUT2D eigenvalue weighted by atomic mass is 10.2. The molecule has 98 valence electrons. The lowest BCUT2D eigenvalue weighted by Crippen LogP contribution is -2.30. The number of likely N-dealkylation sites (N-methyl/N-ethyl adjacent to an activating group) is 1. The van der Waals surface area contributed by atoms with Gasteiger partial charge in [0.2, 0.25) is 5.91 Å². The van der Waals surface area contributed by atoms with E-state index in [1.54, 1.807) is 0 Å². The van der Waals surface area contributed by atoms with Gasteiger partial charge in [0.05, 0.1) is 11.6 Å². The zero-order valence-corrected chi connectivity index (χ0v) is 10.9. The van der Waals surface area contributed by atoms with Gasteiger partial charge in [-0.15, -0.1) is 0 Å². The van der Waals surface area contributed by atoms with Crippen LogP contribution in [0, 0.1) is 0 Å². The third kappa shape index (κ3) is 3.05. The molecule has 1 aromatic rings. The fraction of sp³-hybridized carbons (Fsp3) is 0.417. The third-order valence-corrected chi connectivity index (χ3v) is 2.82. The van der Waals surface area contributed by atoms with E-state index < -0.39 is 0 Å². The SMILES string of the molecule is CN(CC(N)=O)Cc1cc(Cl)c2c(c1)OCCO2. The van der Waals surface area contributed by atoms with Crippen LogP contribution in [-0.2, 0) is 11.3 Å². The minimum absolute atomic E-state index is 0.200. The number of ether oxygens (including phenoxy) is 2. The number of hydrogen-bond donors (Lipinski definition) is 1. The number of nitrogens with zero attached hydrogens (tertiary/aromatic N) is 1. The van der Waals surface area contributed by atoms with Gasteiger partial charge in [0.25, 0.3) is 0 Å². The zero-order chi connectivity index (χ0) is 13.1. The number of hydrogen-bond acceptors (Lipinski definition) is 4. The predicted molar refractivity (Wildman–Crippen MR) is 68.0 cm³/mol. The average molecular weight is 271 g/mol. The Bertz CT molecular complexity index is 465. The predicted octanol–water partition coefficient (Wildman–Crippen LogP) is 1.03. The van der Waals surface area contributed by atoms with Crippen LogP contribution in [0.5, 0.6) is 11.5 Å². The molecule has 0 bridgehead atoms. The van der Waals surface area contributed by atoms with E-state index in [4.69, 9.17) is 26.8 Å². The highest BCUT2D eigenvalue weighted by Crippen LogP contribution is 2.38. The van der Waals surface area contributed by atoms with Crippen LogP contribution in [0.25, 0.3) is 0 Å². The second-order valence-corrected chi connectivity index (χ2v) is 4.65. The molecule has 0 atom stereocenters. The molecule has 5 nitrogen and oxygen atoms in total. The summed E-state index contributed by atoms with van der Waals surface area (Å²) < 4.78 is 10.9. The molecule has 0 aliphatic carbocycles. The van der Waals surface area contributed by atoms with E-state index in [9.17, 15) is 4.79 Å². The largest absolute Gasteiger partial charge is 0.486 e. The van der Waals surface area contributed by atoms with Crippen molar-refractivity contribution in [3.05, 3.63) is 22.7 Å². The first-order chi connectivity index (χ1) is 8.56. The molecule has 18 heavy (non-hydrogen) atoms.